The number of carbonyl (C=O) groups excluding carboxylic acids is 3. The van der Waals surface area contributed by atoms with Crippen molar-refractivity contribution in [1.29, 1.82) is 0 Å². The van der Waals surface area contributed by atoms with Crippen LogP contribution in [0, 0.1) is 67.1 Å². The van der Waals surface area contributed by atoms with Gasteiger partial charge in [-0.25, -0.2) is 0 Å². The van der Waals surface area contributed by atoms with Crippen LogP contribution in [0.15, 0.2) is 30.4 Å². The third-order valence-corrected chi connectivity index (χ3v) is 11.9. The van der Waals surface area contributed by atoms with Crippen LogP contribution in [0.2, 0.25) is 0 Å². The average Bonchev–Trinajstić information content (AvgIpc) is 3.54. The van der Waals surface area contributed by atoms with Crippen LogP contribution in [0.3, 0.4) is 0 Å². The minimum atomic E-state index is -0.932. The van der Waals surface area contributed by atoms with Crippen molar-refractivity contribution >= 4 is 17.3 Å². The Morgan fingerprint density at radius 3 is 2.33 bits per heavy atom. The normalized spacial score (nSPS) is 42.3. The fraction of sp³-hybridized carbons (Fsp3) is 0.694. The standard InChI is InChI=1S/C36H48O4/c1-20-9-11-26(12-10-20)31-33(29(38)19-27-8-6-7-23(4)24(27)5)36-14-13-30(40-36)32(34(36)35(31)39)28(37)18-25-16-21(2)15-22(3)17-25/h13-17,20,23-24,26-27,30-34H,6-12,18-19H2,1-5H3. The molecule has 4 heteroatoms. The lowest BCUT2D eigenvalue weighted by atomic mass is 9.66. The van der Waals surface area contributed by atoms with Gasteiger partial charge in [-0.3, -0.25) is 14.4 Å². The van der Waals surface area contributed by atoms with Crippen LogP contribution < -0.4 is 0 Å². The van der Waals surface area contributed by atoms with Crippen LogP contribution in [0.5, 0.6) is 0 Å². The predicted molar refractivity (Wildman–Crippen MR) is 157 cm³/mol. The minimum absolute atomic E-state index is 0.0819. The number of aryl methyl sites for hydroxylation is 2. The molecule has 0 amide bonds. The monoisotopic (exact) mass is 544 g/mol. The molecule has 2 aliphatic heterocycles. The Kier molecular flexibility index (Phi) is 7.47. The van der Waals surface area contributed by atoms with E-state index < -0.39 is 29.5 Å². The molecule has 6 rings (SSSR count). The van der Waals surface area contributed by atoms with Gasteiger partial charge in [-0.1, -0.05) is 87.9 Å². The zero-order valence-electron chi connectivity index (χ0n) is 25.2. The van der Waals surface area contributed by atoms with Gasteiger partial charge in [-0.05, 0) is 68.3 Å². The molecule has 2 heterocycles. The molecular formula is C36H48O4. The second kappa shape index (κ2) is 10.6. The molecule has 4 fully saturated rings. The van der Waals surface area contributed by atoms with Gasteiger partial charge in [0.2, 0.25) is 0 Å². The fourth-order valence-corrected chi connectivity index (χ4v) is 9.65. The highest BCUT2D eigenvalue weighted by atomic mass is 16.5. The summed E-state index contributed by atoms with van der Waals surface area (Å²) >= 11 is 0. The second-order valence-electron chi connectivity index (χ2n) is 14.6. The number of Topliss-reactive ketones (excluding diaryl/α,β-unsaturated/α-hetero) is 3. The summed E-state index contributed by atoms with van der Waals surface area (Å²) in [6.45, 7) is 11.0. The molecule has 3 aliphatic carbocycles. The van der Waals surface area contributed by atoms with Gasteiger partial charge in [0.15, 0.2) is 0 Å². The Balaban J connectivity index is 1.32. The van der Waals surface area contributed by atoms with E-state index in [-0.39, 0.29) is 29.2 Å². The molecule has 5 aliphatic rings. The van der Waals surface area contributed by atoms with Crippen LogP contribution in [0.4, 0.5) is 0 Å². The van der Waals surface area contributed by atoms with Gasteiger partial charge in [0, 0.05) is 18.8 Å². The van der Waals surface area contributed by atoms with E-state index in [0.29, 0.717) is 36.5 Å². The number of rotatable bonds is 7. The summed E-state index contributed by atoms with van der Waals surface area (Å²) in [5, 5.41) is 0. The molecule has 1 saturated heterocycles. The molecule has 0 aromatic heterocycles. The van der Waals surface area contributed by atoms with E-state index in [1.165, 1.54) is 12.8 Å². The number of hydrogen-bond acceptors (Lipinski definition) is 4. The summed E-state index contributed by atoms with van der Waals surface area (Å²) in [5.41, 5.74) is 2.35. The summed E-state index contributed by atoms with van der Waals surface area (Å²) in [5.74, 6) is 1.06. The molecule has 1 spiro atoms. The van der Waals surface area contributed by atoms with Crippen molar-refractivity contribution in [2.45, 2.75) is 104 Å². The molecule has 9 atom stereocenters. The molecule has 40 heavy (non-hydrogen) atoms. The number of ether oxygens (including phenoxy) is 1. The average molecular weight is 545 g/mol. The van der Waals surface area contributed by atoms with Gasteiger partial charge >= 0.3 is 0 Å². The van der Waals surface area contributed by atoms with Crippen LogP contribution in [-0.2, 0) is 25.5 Å². The molecule has 2 bridgehead atoms. The van der Waals surface area contributed by atoms with Crippen LogP contribution in [0.25, 0.3) is 0 Å². The first-order chi connectivity index (χ1) is 19.1. The highest BCUT2D eigenvalue weighted by Crippen LogP contribution is 2.62. The van der Waals surface area contributed by atoms with Crippen LogP contribution in [-0.4, -0.2) is 29.1 Å². The highest BCUT2D eigenvalue weighted by molar-refractivity contribution is 6.02. The summed E-state index contributed by atoms with van der Waals surface area (Å²) in [6, 6.07) is 6.27. The summed E-state index contributed by atoms with van der Waals surface area (Å²) < 4.78 is 6.71. The van der Waals surface area contributed by atoms with Crippen molar-refractivity contribution in [1.82, 2.24) is 0 Å². The Hall–Kier alpha value is -2.07. The largest absolute Gasteiger partial charge is 0.361 e. The lowest BCUT2D eigenvalue weighted by Crippen LogP contribution is -2.45. The van der Waals surface area contributed by atoms with Gasteiger partial charge in [-0.15, -0.1) is 0 Å². The predicted octanol–water partition coefficient (Wildman–Crippen LogP) is 7.03. The van der Waals surface area contributed by atoms with E-state index in [2.05, 4.69) is 52.8 Å². The SMILES string of the molecule is Cc1cc(C)cc(CC(=O)C2C3C=CC4(O3)C(C(=O)CC3CCCC(C)C3C)C(C3CCC(C)CC3)C(=O)C24)c1. The van der Waals surface area contributed by atoms with E-state index in [0.717, 1.165) is 48.8 Å². The minimum Gasteiger partial charge on any atom is -0.361 e. The Morgan fingerprint density at radius 2 is 1.62 bits per heavy atom. The second-order valence-corrected chi connectivity index (χ2v) is 14.6. The smallest absolute Gasteiger partial charge is 0.144 e. The molecule has 216 valence electrons. The Labute approximate surface area is 240 Å². The maximum absolute atomic E-state index is 14.5. The van der Waals surface area contributed by atoms with Gasteiger partial charge < -0.3 is 4.74 Å². The van der Waals surface area contributed by atoms with E-state index in [4.69, 9.17) is 4.74 Å². The first-order valence-corrected chi connectivity index (χ1v) is 16.1. The molecule has 3 saturated carbocycles. The summed E-state index contributed by atoms with van der Waals surface area (Å²) in [7, 11) is 0. The van der Waals surface area contributed by atoms with E-state index in [1.807, 2.05) is 12.2 Å². The van der Waals surface area contributed by atoms with Crippen molar-refractivity contribution < 1.29 is 19.1 Å². The summed E-state index contributed by atoms with van der Waals surface area (Å²) in [4.78, 5) is 42.9. The van der Waals surface area contributed by atoms with Crippen LogP contribution in [0.1, 0.15) is 88.8 Å². The van der Waals surface area contributed by atoms with Crippen LogP contribution >= 0.6 is 0 Å². The zero-order chi connectivity index (χ0) is 28.3. The lowest BCUT2D eigenvalue weighted by Gasteiger charge is -2.38. The molecule has 0 N–H and O–H groups in total. The highest BCUT2D eigenvalue weighted by Gasteiger charge is 2.73. The maximum Gasteiger partial charge on any atom is 0.144 e. The molecule has 0 radical (unpaired) electrons. The molecule has 1 aromatic carbocycles. The third-order valence-electron chi connectivity index (χ3n) is 11.9. The quantitative estimate of drug-likeness (QED) is 0.346. The number of carbonyl (C=O) groups is 3. The number of benzene rings is 1. The molecular weight excluding hydrogens is 496 g/mol. The Morgan fingerprint density at radius 1 is 0.925 bits per heavy atom. The van der Waals surface area contributed by atoms with E-state index in [1.54, 1.807) is 0 Å². The Bertz CT molecular complexity index is 1180. The molecule has 1 aromatic rings. The zero-order valence-corrected chi connectivity index (χ0v) is 25.2. The first-order valence-electron chi connectivity index (χ1n) is 16.1. The summed E-state index contributed by atoms with van der Waals surface area (Å²) in [6.07, 6.45) is 12.2. The van der Waals surface area contributed by atoms with E-state index >= 15 is 0 Å². The van der Waals surface area contributed by atoms with Crippen molar-refractivity contribution in [2.24, 2.45) is 53.3 Å². The number of fused-ring (bicyclic) bond motifs is 1. The van der Waals surface area contributed by atoms with Crippen molar-refractivity contribution in [2.75, 3.05) is 0 Å². The van der Waals surface area contributed by atoms with Crippen molar-refractivity contribution in [3.05, 3.63) is 47.0 Å². The lowest BCUT2D eigenvalue weighted by molar-refractivity contribution is -0.138. The number of hydrogen-bond donors (Lipinski definition) is 0. The van der Waals surface area contributed by atoms with Gasteiger partial charge in [0.1, 0.15) is 23.0 Å². The van der Waals surface area contributed by atoms with Crippen molar-refractivity contribution in [3.8, 4) is 0 Å². The first kappa shape index (κ1) is 28.1. The van der Waals surface area contributed by atoms with Gasteiger partial charge in [0.05, 0.1) is 23.9 Å². The maximum atomic E-state index is 14.5. The molecule has 4 nitrogen and oxygen atoms in total. The fourth-order valence-electron chi connectivity index (χ4n) is 9.65. The van der Waals surface area contributed by atoms with Gasteiger partial charge in [0.25, 0.3) is 0 Å². The van der Waals surface area contributed by atoms with E-state index in [9.17, 15) is 14.4 Å². The topological polar surface area (TPSA) is 60.4 Å². The molecule has 9 unspecified atom stereocenters. The third kappa shape index (κ3) is 4.67. The number of ketones is 3. The van der Waals surface area contributed by atoms with Gasteiger partial charge in [-0.2, -0.15) is 0 Å². The van der Waals surface area contributed by atoms with Crippen molar-refractivity contribution in [3.63, 3.8) is 0 Å².